The Morgan fingerprint density at radius 3 is 2.11 bits per heavy atom. The maximum absolute atomic E-state index is 13.0. The molecule has 0 aromatic heterocycles. The molecule has 146 valence electrons. The molecular formula is C19H23FN2O4S. The molecule has 6 nitrogen and oxygen atoms in total. The molecule has 0 spiro atoms. The fraction of sp³-hybridized carbons (Fsp3) is 0.316. The Bertz CT molecular complexity index is 892. The van der Waals surface area contributed by atoms with Crippen LogP contribution in [0.5, 0.6) is 5.75 Å². The lowest BCUT2D eigenvalue weighted by Gasteiger charge is -2.25. The van der Waals surface area contributed by atoms with Crippen molar-refractivity contribution >= 4 is 21.6 Å². The zero-order valence-electron chi connectivity index (χ0n) is 15.6. The lowest BCUT2D eigenvalue weighted by molar-refractivity contribution is -0.128. The van der Waals surface area contributed by atoms with Crippen molar-refractivity contribution in [2.24, 2.45) is 0 Å². The molecule has 2 aromatic rings. The van der Waals surface area contributed by atoms with E-state index in [9.17, 15) is 17.6 Å². The predicted octanol–water partition coefficient (Wildman–Crippen LogP) is 3.31. The molecule has 2 rings (SSSR count). The van der Waals surface area contributed by atoms with Crippen molar-refractivity contribution in [1.29, 1.82) is 0 Å². The highest BCUT2D eigenvalue weighted by atomic mass is 32.2. The number of halogens is 1. The van der Waals surface area contributed by atoms with E-state index >= 15 is 0 Å². The quantitative estimate of drug-likeness (QED) is 0.755. The molecule has 0 radical (unpaired) electrons. The van der Waals surface area contributed by atoms with Crippen LogP contribution in [0.4, 0.5) is 10.1 Å². The summed E-state index contributed by atoms with van der Waals surface area (Å²) in [7, 11) is -3.60. The average molecular weight is 394 g/mol. The van der Waals surface area contributed by atoms with Gasteiger partial charge in [0.2, 0.25) is 10.0 Å². The van der Waals surface area contributed by atoms with E-state index in [0.717, 1.165) is 0 Å². The highest BCUT2D eigenvalue weighted by molar-refractivity contribution is 7.89. The van der Waals surface area contributed by atoms with Crippen molar-refractivity contribution in [3.8, 4) is 5.75 Å². The van der Waals surface area contributed by atoms with Crippen LogP contribution in [0, 0.1) is 5.82 Å². The Morgan fingerprint density at radius 2 is 1.59 bits per heavy atom. The second-order valence-corrected chi connectivity index (χ2v) is 8.53. The smallest absolute Gasteiger partial charge is 0.267 e. The fourth-order valence-electron chi connectivity index (χ4n) is 2.22. The van der Waals surface area contributed by atoms with Crippen LogP contribution in [0.25, 0.3) is 0 Å². The molecule has 0 bridgehead atoms. The molecular weight excluding hydrogens is 371 g/mol. The molecule has 2 N–H and O–H groups in total. The van der Waals surface area contributed by atoms with Gasteiger partial charge >= 0.3 is 0 Å². The van der Waals surface area contributed by atoms with Crippen LogP contribution in [0.15, 0.2) is 53.4 Å². The zero-order chi connectivity index (χ0) is 20.2. The number of rotatable bonds is 7. The van der Waals surface area contributed by atoms with Gasteiger partial charge in [0.15, 0.2) is 5.60 Å². The third-order valence-corrected chi connectivity index (χ3v) is 5.22. The summed E-state index contributed by atoms with van der Waals surface area (Å²) < 4.78 is 45.3. The molecule has 0 heterocycles. The summed E-state index contributed by atoms with van der Waals surface area (Å²) in [4.78, 5) is 12.6. The first-order valence-corrected chi connectivity index (χ1v) is 9.86. The maximum Gasteiger partial charge on any atom is 0.267 e. The molecule has 27 heavy (non-hydrogen) atoms. The van der Waals surface area contributed by atoms with Crippen LogP contribution in [0.3, 0.4) is 0 Å². The number of hydrogen-bond donors (Lipinski definition) is 2. The van der Waals surface area contributed by atoms with Crippen molar-refractivity contribution in [1.82, 2.24) is 4.72 Å². The van der Waals surface area contributed by atoms with Crippen molar-refractivity contribution in [3.05, 3.63) is 54.3 Å². The number of ether oxygens (including phenoxy) is 1. The number of carbonyl (C=O) groups excluding carboxylic acids is 1. The molecule has 0 aliphatic rings. The summed E-state index contributed by atoms with van der Waals surface area (Å²) in [6, 6.07) is 11.0. The number of carbonyl (C=O) groups is 1. The Labute approximate surface area is 158 Å². The number of nitrogens with one attached hydrogen (secondary N) is 2. The predicted molar refractivity (Wildman–Crippen MR) is 102 cm³/mol. The minimum absolute atomic E-state index is 0.107. The third-order valence-electron chi connectivity index (χ3n) is 3.55. The van der Waals surface area contributed by atoms with Crippen molar-refractivity contribution < 1.29 is 22.3 Å². The van der Waals surface area contributed by atoms with Crippen LogP contribution in [0.1, 0.15) is 27.7 Å². The highest BCUT2D eigenvalue weighted by Crippen LogP contribution is 2.21. The summed E-state index contributed by atoms with van der Waals surface area (Å²) in [5.41, 5.74) is -0.791. The number of anilines is 1. The monoisotopic (exact) mass is 394 g/mol. The fourth-order valence-corrected chi connectivity index (χ4v) is 3.47. The largest absolute Gasteiger partial charge is 0.478 e. The minimum atomic E-state index is -3.60. The summed E-state index contributed by atoms with van der Waals surface area (Å²) >= 11 is 0. The van der Waals surface area contributed by atoms with Crippen molar-refractivity contribution in [3.63, 3.8) is 0 Å². The van der Waals surface area contributed by atoms with Crippen molar-refractivity contribution in [2.45, 2.75) is 44.2 Å². The summed E-state index contributed by atoms with van der Waals surface area (Å²) in [5, 5.41) is 2.68. The van der Waals surface area contributed by atoms with E-state index in [-0.39, 0.29) is 10.9 Å². The Kier molecular flexibility index (Phi) is 6.22. The molecule has 0 fully saturated rings. The summed E-state index contributed by atoms with van der Waals surface area (Å²) in [5.74, 6) is -0.466. The minimum Gasteiger partial charge on any atom is -0.478 e. The maximum atomic E-state index is 13.0. The number of amides is 1. The van der Waals surface area contributed by atoms with Crippen LogP contribution < -0.4 is 14.8 Å². The highest BCUT2D eigenvalue weighted by Gasteiger charge is 2.30. The first-order valence-electron chi connectivity index (χ1n) is 8.38. The molecule has 2 aromatic carbocycles. The van der Waals surface area contributed by atoms with Gasteiger partial charge < -0.3 is 10.1 Å². The standard InChI is InChI=1S/C19H23FN2O4S/c1-13(2)22-27(24,25)17-11-7-15(8-12-17)21-18(23)19(3,4)26-16-9-5-14(20)6-10-16/h5-13,22H,1-4H3,(H,21,23). The first kappa shape index (κ1) is 20.9. The molecule has 0 saturated carbocycles. The van der Waals surface area contributed by atoms with Gasteiger partial charge in [-0.3, -0.25) is 4.79 Å². The van der Waals surface area contributed by atoms with Gasteiger partial charge in [-0.15, -0.1) is 0 Å². The lowest BCUT2D eigenvalue weighted by Crippen LogP contribution is -2.42. The van der Waals surface area contributed by atoms with Gasteiger partial charge in [0.05, 0.1) is 4.90 Å². The van der Waals surface area contributed by atoms with E-state index in [0.29, 0.717) is 11.4 Å². The van der Waals surface area contributed by atoms with Gasteiger partial charge in [-0.1, -0.05) is 0 Å². The van der Waals surface area contributed by atoms with E-state index in [1.54, 1.807) is 27.7 Å². The Morgan fingerprint density at radius 1 is 1.04 bits per heavy atom. The molecule has 0 saturated heterocycles. The third kappa shape index (κ3) is 5.77. The SMILES string of the molecule is CC(C)NS(=O)(=O)c1ccc(NC(=O)C(C)(C)Oc2ccc(F)cc2)cc1. The van der Waals surface area contributed by atoms with Gasteiger partial charge in [0.25, 0.3) is 5.91 Å². The average Bonchev–Trinajstić information content (AvgIpc) is 2.56. The van der Waals surface area contributed by atoms with Crippen LogP contribution >= 0.6 is 0 Å². The number of benzene rings is 2. The van der Waals surface area contributed by atoms with E-state index in [1.807, 2.05) is 0 Å². The summed E-state index contributed by atoms with van der Waals surface area (Å²) in [6.07, 6.45) is 0. The van der Waals surface area contributed by atoms with E-state index in [2.05, 4.69) is 10.0 Å². The van der Waals surface area contributed by atoms with Gasteiger partial charge in [-0.05, 0) is 76.2 Å². The molecule has 0 aliphatic carbocycles. The zero-order valence-corrected chi connectivity index (χ0v) is 16.4. The van der Waals surface area contributed by atoms with Gasteiger partial charge in [-0.2, -0.15) is 0 Å². The Balaban J connectivity index is 2.07. The summed E-state index contributed by atoms with van der Waals surface area (Å²) in [6.45, 7) is 6.62. The van der Waals surface area contributed by atoms with Gasteiger partial charge in [0.1, 0.15) is 11.6 Å². The molecule has 0 unspecified atom stereocenters. The molecule has 1 amide bonds. The van der Waals surface area contributed by atoms with E-state index in [4.69, 9.17) is 4.74 Å². The molecule has 8 heteroatoms. The Hall–Kier alpha value is -2.45. The van der Waals surface area contributed by atoms with E-state index < -0.39 is 27.3 Å². The van der Waals surface area contributed by atoms with Crippen LogP contribution in [0.2, 0.25) is 0 Å². The second kappa shape index (κ2) is 8.06. The molecule has 0 atom stereocenters. The normalized spacial score (nSPS) is 12.1. The first-order chi connectivity index (χ1) is 12.5. The topological polar surface area (TPSA) is 84.5 Å². The lowest BCUT2D eigenvalue weighted by atomic mass is 10.1. The second-order valence-electron chi connectivity index (χ2n) is 6.82. The van der Waals surface area contributed by atoms with Gasteiger partial charge in [0, 0.05) is 11.7 Å². The van der Waals surface area contributed by atoms with Gasteiger partial charge in [-0.25, -0.2) is 17.5 Å². The molecule has 0 aliphatic heterocycles. The van der Waals surface area contributed by atoms with Crippen LogP contribution in [-0.2, 0) is 14.8 Å². The van der Waals surface area contributed by atoms with Crippen molar-refractivity contribution in [2.75, 3.05) is 5.32 Å². The number of hydrogen-bond acceptors (Lipinski definition) is 4. The van der Waals surface area contributed by atoms with Crippen LogP contribution in [-0.4, -0.2) is 26.0 Å². The van der Waals surface area contributed by atoms with E-state index in [1.165, 1.54) is 48.5 Å². The number of sulfonamides is 1.